The molecule has 23 heavy (non-hydrogen) atoms. The molecule has 7 heteroatoms. The van der Waals surface area contributed by atoms with Crippen molar-refractivity contribution in [2.24, 2.45) is 5.41 Å². The molecule has 2 fully saturated rings. The number of likely N-dealkylation sites (tertiary alicyclic amines) is 1. The summed E-state index contributed by atoms with van der Waals surface area (Å²) in [7, 11) is 0. The zero-order valence-electron chi connectivity index (χ0n) is 12.5. The Labute approximate surface area is 137 Å². The first-order chi connectivity index (χ1) is 11.1. The first-order valence-electron chi connectivity index (χ1n) is 7.56. The van der Waals surface area contributed by atoms with Crippen LogP contribution in [-0.2, 0) is 16.1 Å². The standard InChI is InChI=1S/C16H16N4O2S/c21-13-6-16(15(22)19-13)3-4-20(10-16)9-11-7-17-14(18-8-11)12-2-1-5-23-12/h1-2,5,7-8H,3-4,6,9-10H2,(H,19,21,22)/t16-/m1/s1. The second-order valence-corrected chi connectivity index (χ2v) is 7.13. The number of aromatic nitrogens is 2. The minimum Gasteiger partial charge on any atom is -0.298 e. The second kappa shape index (κ2) is 5.50. The van der Waals surface area contributed by atoms with Crippen molar-refractivity contribution in [1.82, 2.24) is 20.2 Å². The molecule has 2 amide bonds. The maximum Gasteiger partial charge on any atom is 0.234 e. The molecule has 4 heterocycles. The molecule has 0 unspecified atom stereocenters. The lowest BCUT2D eigenvalue weighted by molar-refractivity contribution is -0.128. The fourth-order valence-electron chi connectivity index (χ4n) is 3.34. The minimum atomic E-state index is -0.519. The maximum atomic E-state index is 12.0. The number of amides is 2. The molecule has 4 rings (SSSR count). The van der Waals surface area contributed by atoms with Crippen molar-refractivity contribution in [1.29, 1.82) is 0 Å². The van der Waals surface area contributed by atoms with Gasteiger partial charge >= 0.3 is 0 Å². The molecule has 2 aromatic rings. The number of rotatable bonds is 3. The summed E-state index contributed by atoms with van der Waals surface area (Å²) in [4.78, 5) is 35.5. The van der Waals surface area contributed by atoms with E-state index in [1.54, 1.807) is 11.3 Å². The van der Waals surface area contributed by atoms with Crippen molar-refractivity contribution in [3.8, 4) is 10.7 Å². The predicted molar refractivity (Wildman–Crippen MR) is 85.4 cm³/mol. The van der Waals surface area contributed by atoms with Crippen molar-refractivity contribution in [3.63, 3.8) is 0 Å². The second-order valence-electron chi connectivity index (χ2n) is 6.19. The van der Waals surface area contributed by atoms with Gasteiger partial charge in [-0.05, 0) is 24.4 Å². The van der Waals surface area contributed by atoms with Crippen molar-refractivity contribution in [2.75, 3.05) is 13.1 Å². The van der Waals surface area contributed by atoms with E-state index in [0.717, 1.165) is 29.2 Å². The van der Waals surface area contributed by atoms with Crippen LogP contribution in [0.4, 0.5) is 0 Å². The Balaban J connectivity index is 1.43. The smallest absolute Gasteiger partial charge is 0.234 e. The lowest BCUT2D eigenvalue weighted by Crippen LogP contribution is -2.34. The van der Waals surface area contributed by atoms with Gasteiger partial charge in [-0.25, -0.2) is 9.97 Å². The van der Waals surface area contributed by atoms with Crippen LogP contribution >= 0.6 is 11.3 Å². The van der Waals surface area contributed by atoms with Gasteiger partial charge in [0.1, 0.15) is 0 Å². The van der Waals surface area contributed by atoms with Crippen molar-refractivity contribution in [2.45, 2.75) is 19.4 Å². The van der Waals surface area contributed by atoms with E-state index in [4.69, 9.17) is 0 Å². The molecule has 0 saturated carbocycles. The van der Waals surface area contributed by atoms with Gasteiger partial charge in [0.15, 0.2) is 5.82 Å². The Morgan fingerprint density at radius 3 is 2.78 bits per heavy atom. The van der Waals surface area contributed by atoms with E-state index in [0.29, 0.717) is 19.5 Å². The first kappa shape index (κ1) is 14.5. The number of hydrogen-bond acceptors (Lipinski definition) is 6. The summed E-state index contributed by atoms with van der Waals surface area (Å²) in [6, 6.07) is 3.98. The van der Waals surface area contributed by atoms with Crippen LogP contribution in [0.2, 0.25) is 0 Å². The number of nitrogens with one attached hydrogen (secondary N) is 1. The molecule has 118 valence electrons. The van der Waals surface area contributed by atoms with Crippen LogP contribution < -0.4 is 5.32 Å². The molecular weight excluding hydrogens is 312 g/mol. The van der Waals surface area contributed by atoms with E-state index < -0.39 is 5.41 Å². The lowest BCUT2D eigenvalue weighted by Gasteiger charge is -2.20. The van der Waals surface area contributed by atoms with Crippen LogP contribution in [0, 0.1) is 5.41 Å². The summed E-state index contributed by atoms with van der Waals surface area (Å²) >= 11 is 1.62. The van der Waals surface area contributed by atoms with Gasteiger partial charge in [0, 0.05) is 37.5 Å². The number of hydrogen-bond donors (Lipinski definition) is 1. The normalized spacial score (nSPS) is 24.5. The molecule has 0 aromatic carbocycles. The summed E-state index contributed by atoms with van der Waals surface area (Å²) in [6.07, 6.45) is 4.73. The molecule has 0 bridgehead atoms. The third kappa shape index (κ3) is 2.66. The molecule has 2 aromatic heterocycles. The average Bonchev–Trinajstić information content (AvgIpc) is 3.23. The zero-order chi connectivity index (χ0) is 15.9. The molecule has 2 aliphatic heterocycles. The Morgan fingerprint density at radius 1 is 1.30 bits per heavy atom. The average molecular weight is 328 g/mol. The third-order valence-electron chi connectivity index (χ3n) is 4.52. The van der Waals surface area contributed by atoms with Crippen molar-refractivity contribution < 1.29 is 9.59 Å². The summed E-state index contributed by atoms with van der Waals surface area (Å²) in [5.41, 5.74) is 0.501. The highest BCUT2D eigenvalue weighted by atomic mass is 32.1. The van der Waals surface area contributed by atoms with Crippen LogP contribution in [0.25, 0.3) is 10.7 Å². The molecule has 6 nitrogen and oxygen atoms in total. The van der Waals surface area contributed by atoms with Gasteiger partial charge in [0.2, 0.25) is 11.8 Å². The Hall–Kier alpha value is -2.12. The summed E-state index contributed by atoms with van der Waals surface area (Å²) in [6.45, 7) is 2.14. The SMILES string of the molecule is O=C1C[C@@]2(CCN(Cc3cnc(-c4cccs4)nc3)C2)C(=O)N1. The Morgan fingerprint density at radius 2 is 2.13 bits per heavy atom. The van der Waals surface area contributed by atoms with Gasteiger partial charge in [0.05, 0.1) is 10.3 Å². The highest BCUT2D eigenvalue weighted by Crippen LogP contribution is 2.38. The fraction of sp³-hybridized carbons (Fsp3) is 0.375. The van der Waals surface area contributed by atoms with Crippen LogP contribution in [0.3, 0.4) is 0 Å². The number of thiophene rings is 1. The fourth-order valence-corrected chi connectivity index (χ4v) is 4.01. The summed E-state index contributed by atoms with van der Waals surface area (Å²) < 4.78 is 0. The molecule has 0 aliphatic carbocycles. The van der Waals surface area contributed by atoms with Crippen LogP contribution in [0.5, 0.6) is 0 Å². The Bertz CT molecular complexity index is 744. The van der Waals surface area contributed by atoms with E-state index in [9.17, 15) is 9.59 Å². The maximum absolute atomic E-state index is 12.0. The largest absolute Gasteiger partial charge is 0.298 e. The van der Waals surface area contributed by atoms with Crippen LogP contribution in [0.1, 0.15) is 18.4 Å². The highest BCUT2D eigenvalue weighted by Gasteiger charge is 2.50. The molecular formula is C16H16N4O2S. The molecule has 1 atom stereocenters. The number of carbonyl (C=O) groups is 2. The number of imide groups is 1. The minimum absolute atomic E-state index is 0.116. The predicted octanol–water partition coefficient (Wildman–Crippen LogP) is 1.44. The number of nitrogens with zero attached hydrogens (tertiary/aromatic N) is 3. The molecule has 1 spiro atoms. The highest BCUT2D eigenvalue weighted by molar-refractivity contribution is 7.13. The van der Waals surface area contributed by atoms with Gasteiger partial charge in [-0.3, -0.25) is 19.8 Å². The van der Waals surface area contributed by atoms with Gasteiger partial charge < -0.3 is 0 Å². The third-order valence-corrected chi connectivity index (χ3v) is 5.39. The monoisotopic (exact) mass is 328 g/mol. The van der Waals surface area contributed by atoms with Crippen molar-refractivity contribution in [3.05, 3.63) is 35.5 Å². The molecule has 2 saturated heterocycles. The Kier molecular flexibility index (Phi) is 3.46. The van der Waals surface area contributed by atoms with E-state index >= 15 is 0 Å². The zero-order valence-corrected chi connectivity index (χ0v) is 13.3. The number of carbonyl (C=O) groups excluding carboxylic acids is 2. The molecule has 2 aliphatic rings. The quantitative estimate of drug-likeness (QED) is 0.863. The van der Waals surface area contributed by atoms with E-state index in [-0.39, 0.29) is 11.8 Å². The topological polar surface area (TPSA) is 75.2 Å². The van der Waals surface area contributed by atoms with Gasteiger partial charge in [-0.15, -0.1) is 11.3 Å². The lowest BCUT2D eigenvalue weighted by atomic mass is 9.85. The van der Waals surface area contributed by atoms with E-state index in [2.05, 4.69) is 20.2 Å². The van der Waals surface area contributed by atoms with Crippen LogP contribution in [-0.4, -0.2) is 39.8 Å². The summed E-state index contributed by atoms with van der Waals surface area (Å²) in [5, 5.41) is 4.43. The van der Waals surface area contributed by atoms with Gasteiger partial charge in [-0.2, -0.15) is 0 Å². The summed E-state index contributed by atoms with van der Waals surface area (Å²) in [5.74, 6) is 0.470. The molecule has 0 radical (unpaired) electrons. The van der Waals surface area contributed by atoms with Gasteiger partial charge in [-0.1, -0.05) is 6.07 Å². The van der Waals surface area contributed by atoms with Crippen LogP contribution in [0.15, 0.2) is 29.9 Å². The molecule has 1 N–H and O–H groups in total. The van der Waals surface area contributed by atoms with Gasteiger partial charge in [0.25, 0.3) is 0 Å². The van der Waals surface area contributed by atoms with Crippen molar-refractivity contribution >= 4 is 23.2 Å². The van der Waals surface area contributed by atoms with E-state index in [1.807, 2.05) is 29.9 Å². The van der Waals surface area contributed by atoms with E-state index in [1.165, 1.54) is 0 Å². The first-order valence-corrected chi connectivity index (χ1v) is 8.44.